The maximum absolute atomic E-state index is 14.5. The molecule has 4 nitrogen and oxygen atoms in total. The van der Waals surface area contributed by atoms with Crippen molar-refractivity contribution in [3.8, 4) is 0 Å². The van der Waals surface area contributed by atoms with Gasteiger partial charge in [-0.2, -0.15) is 0 Å². The fraction of sp³-hybridized carbons (Fsp3) is 0.286. The second-order valence-corrected chi connectivity index (χ2v) is 9.18. The molecule has 3 rings (SSSR count). The minimum Gasteiger partial charge on any atom is -0.355 e. The SMILES string of the molecule is CCNC(=O)[C@H](Cc1ccccc1)N(Cc1ccccc1F)C(=O)CSCc1cccc(C)c1. The van der Waals surface area contributed by atoms with Gasteiger partial charge in [0, 0.05) is 30.8 Å². The molecule has 0 spiro atoms. The Morgan fingerprint density at radius 2 is 1.68 bits per heavy atom. The van der Waals surface area contributed by atoms with Crippen molar-refractivity contribution in [1.82, 2.24) is 10.2 Å². The second-order valence-electron chi connectivity index (χ2n) is 8.20. The monoisotopic (exact) mass is 478 g/mol. The van der Waals surface area contributed by atoms with Crippen LogP contribution in [0.3, 0.4) is 0 Å². The maximum Gasteiger partial charge on any atom is 0.243 e. The zero-order chi connectivity index (χ0) is 24.3. The number of halogens is 1. The molecule has 1 N–H and O–H groups in total. The van der Waals surface area contributed by atoms with Crippen molar-refractivity contribution in [2.24, 2.45) is 0 Å². The molecule has 6 heteroatoms. The van der Waals surface area contributed by atoms with Crippen molar-refractivity contribution in [1.29, 1.82) is 0 Å². The van der Waals surface area contributed by atoms with Crippen LogP contribution in [-0.4, -0.2) is 35.1 Å². The Bertz CT molecular complexity index is 1090. The largest absolute Gasteiger partial charge is 0.355 e. The van der Waals surface area contributed by atoms with Crippen LogP contribution in [0.5, 0.6) is 0 Å². The lowest BCUT2D eigenvalue weighted by molar-refractivity contribution is -0.139. The van der Waals surface area contributed by atoms with Crippen LogP contribution in [0.4, 0.5) is 4.39 Å². The van der Waals surface area contributed by atoms with Gasteiger partial charge in [-0.3, -0.25) is 9.59 Å². The van der Waals surface area contributed by atoms with E-state index in [9.17, 15) is 14.0 Å². The van der Waals surface area contributed by atoms with E-state index >= 15 is 0 Å². The predicted octanol–water partition coefficient (Wildman–Crippen LogP) is 5.14. The lowest BCUT2D eigenvalue weighted by atomic mass is 10.0. The summed E-state index contributed by atoms with van der Waals surface area (Å²) in [7, 11) is 0. The molecule has 0 radical (unpaired) electrons. The Labute approximate surface area is 205 Å². The first-order valence-corrected chi connectivity index (χ1v) is 12.6. The number of aryl methyl sites for hydroxylation is 1. The van der Waals surface area contributed by atoms with Gasteiger partial charge in [-0.1, -0.05) is 78.4 Å². The van der Waals surface area contributed by atoms with Crippen LogP contribution in [0.25, 0.3) is 0 Å². The molecule has 0 aliphatic carbocycles. The molecule has 0 saturated heterocycles. The Morgan fingerprint density at radius 1 is 0.971 bits per heavy atom. The van der Waals surface area contributed by atoms with Gasteiger partial charge in [0.2, 0.25) is 11.8 Å². The zero-order valence-electron chi connectivity index (χ0n) is 19.7. The average Bonchev–Trinajstić information content (AvgIpc) is 2.83. The van der Waals surface area contributed by atoms with Crippen molar-refractivity contribution in [2.45, 2.75) is 38.6 Å². The first-order chi connectivity index (χ1) is 16.5. The molecule has 0 aliphatic heterocycles. The highest BCUT2D eigenvalue weighted by molar-refractivity contribution is 7.99. The van der Waals surface area contributed by atoms with Gasteiger partial charge < -0.3 is 10.2 Å². The molecule has 0 aliphatic rings. The predicted molar refractivity (Wildman–Crippen MR) is 137 cm³/mol. The molecule has 2 amide bonds. The van der Waals surface area contributed by atoms with Gasteiger partial charge in [0.25, 0.3) is 0 Å². The standard InChI is InChI=1S/C28H31FN2O2S/c1-3-30-28(33)26(17-22-11-5-4-6-12-22)31(18-24-14-7-8-15-25(24)29)27(32)20-34-19-23-13-9-10-21(2)16-23/h4-16,26H,3,17-20H2,1-2H3,(H,30,33)/t26-/m0/s1. The van der Waals surface area contributed by atoms with Crippen LogP contribution in [0, 0.1) is 12.7 Å². The van der Waals surface area contributed by atoms with Gasteiger partial charge in [0.15, 0.2) is 0 Å². The molecule has 0 unspecified atom stereocenters. The number of hydrogen-bond acceptors (Lipinski definition) is 3. The van der Waals surface area contributed by atoms with Gasteiger partial charge in [-0.05, 0) is 31.0 Å². The average molecular weight is 479 g/mol. The molecule has 3 aromatic carbocycles. The van der Waals surface area contributed by atoms with Gasteiger partial charge in [0.05, 0.1) is 5.75 Å². The molecule has 0 heterocycles. The Hall–Kier alpha value is -3.12. The summed E-state index contributed by atoms with van der Waals surface area (Å²) >= 11 is 1.50. The van der Waals surface area contributed by atoms with E-state index in [4.69, 9.17) is 0 Å². The summed E-state index contributed by atoms with van der Waals surface area (Å²) in [6.07, 6.45) is 0.357. The number of nitrogens with zero attached hydrogens (tertiary/aromatic N) is 1. The highest BCUT2D eigenvalue weighted by Crippen LogP contribution is 2.20. The molecule has 0 bridgehead atoms. The number of amides is 2. The lowest BCUT2D eigenvalue weighted by Gasteiger charge is -2.31. The second kappa shape index (κ2) is 12.9. The van der Waals surface area contributed by atoms with Gasteiger partial charge in [0.1, 0.15) is 11.9 Å². The number of hydrogen-bond donors (Lipinski definition) is 1. The summed E-state index contributed by atoms with van der Waals surface area (Å²) in [5, 5.41) is 2.86. The molecule has 0 aromatic heterocycles. The minimum absolute atomic E-state index is 0.0329. The molecule has 0 saturated carbocycles. The van der Waals surface area contributed by atoms with Gasteiger partial charge in [-0.15, -0.1) is 11.8 Å². The van der Waals surface area contributed by atoms with Crippen molar-refractivity contribution >= 4 is 23.6 Å². The quantitative estimate of drug-likeness (QED) is 0.415. The molecular weight excluding hydrogens is 447 g/mol. The van der Waals surface area contributed by atoms with E-state index in [1.807, 2.05) is 62.4 Å². The lowest BCUT2D eigenvalue weighted by Crippen LogP contribution is -2.51. The molecule has 3 aromatic rings. The molecular formula is C28H31FN2O2S. The molecule has 34 heavy (non-hydrogen) atoms. The Morgan fingerprint density at radius 3 is 2.38 bits per heavy atom. The summed E-state index contributed by atoms with van der Waals surface area (Å²) in [5.74, 6) is 0.0772. The van der Waals surface area contributed by atoms with Gasteiger partial charge in [-0.25, -0.2) is 4.39 Å². The van der Waals surface area contributed by atoms with Crippen molar-refractivity contribution in [3.63, 3.8) is 0 Å². The summed E-state index contributed by atoms with van der Waals surface area (Å²) < 4.78 is 14.5. The minimum atomic E-state index is -0.742. The molecule has 1 atom stereocenters. The number of thioether (sulfide) groups is 1. The van der Waals surface area contributed by atoms with Crippen LogP contribution in [0.1, 0.15) is 29.2 Å². The van der Waals surface area contributed by atoms with Crippen LogP contribution in [-0.2, 0) is 28.3 Å². The fourth-order valence-corrected chi connectivity index (χ4v) is 4.65. The topological polar surface area (TPSA) is 49.4 Å². The fourth-order valence-electron chi connectivity index (χ4n) is 3.80. The Kier molecular flexibility index (Phi) is 9.71. The number of benzene rings is 3. The van der Waals surface area contributed by atoms with Crippen molar-refractivity contribution in [3.05, 3.63) is 107 Å². The Balaban J connectivity index is 1.83. The smallest absolute Gasteiger partial charge is 0.243 e. The summed E-state index contributed by atoms with van der Waals surface area (Å²) in [5.41, 5.74) is 3.65. The number of nitrogens with one attached hydrogen (secondary N) is 1. The maximum atomic E-state index is 14.5. The summed E-state index contributed by atoms with van der Waals surface area (Å²) in [6, 6.07) is 23.4. The normalized spacial score (nSPS) is 11.6. The number of rotatable bonds is 11. The van der Waals surface area contributed by atoms with Gasteiger partial charge >= 0.3 is 0 Å². The first-order valence-electron chi connectivity index (χ1n) is 11.5. The van der Waals surface area contributed by atoms with E-state index in [1.54, 1.807) is 18.2 Å². The third-order valence-corrected chi connectivity index (χ3v) is 6.49. The highest BCUT2D eigenvalue weighted by atomic mass is 32.2. The molecule has 0 fully saturated rings. The van der Waals surface area contributed by atoms with E-state index in [0.29, 0.717) is 24.3 Å². The number of carbonyl (C=O) groups excluding carboxylic acids is 2. The van der Waals surface area contributed by atoms with Crippen LogP contribution < -0.4 is 5.32 Å². The van der Waals surface area contributed by atoms with Crippen LogP contribution in [0.2, 0.25) is 0 Å². The number of carbonyl (C=O) groups is 2. The third kappa shape index (κ3) is 7.45. The first kappa shape index (κ1) is 25.5. The molecule has 178 valence electrons. The van der Waals surface area contributed by atoms with Crippen molar-refractivity contribution < 1.29 is 14.0 Å². The number of likely N-dealkylation sites (N-methyl/N-ethyl adjacent to an activating group) is 1. The van der Waals surface area contributed by atoms with Crippen LogP contribution in [0.15, 0.2) is 78.9 Å². The summed E-state index contributed by atoms with van der Waals surface area (Å²) in [4.78, 5) is 28.1. The highest BCUT2D eigenvalue weighted by Gasteiger charge is 2.30. The van der Waals surface area contributed by atoms with Crippen molar-refractivity contribution in [2.75, 3.05) is 12.3 Å². The summed E-state index contributed by atoms with van der Waals surface area (Å²) in [6.45, 7) is 4.37. The van der Waals surface area contributed by atoms with E-state index in [1.165, 1.54) is 28.3 Å². The van der Waals surface area contributed by atoms with E-state index < -0.39 is 6.04 Å². The van der Waals surface area contributed by atoms with E-state index in [2.05, 4.69) is 11.4 Å². The zero-order valence-corrected chi connectivity index (χ0v) is 20.5. The third-order valence-electron chi connectivity index (χ3n) is 5.50. The van der Waals surface area contributed by atoms with E-state index in [-0.39, 0.29) is 29.9 Å². The van der Waals surface area contributed by atoms with Crippen LogP contribution >= 0.6 is 11.8 Å². The van der Waals surface area contributed by atoms with E-state index in [0.717, 1.165) is 11.1 Å².